The van der Waals surface area contributed by atoms with Gasteiger partial charge in [0, 0.05) is 23.7 Å². The van der Waals surface area contributed by atoms with Gasteiger partial charge in [-0.2, -0.15) is 0 Å². The number of aromatic carboxylic acids is 1. The van der Waals surface area contributed by atoms with Gasteiger partial charge in [-0.05, 0) is 59.7 Å². The van der Waals surface area contributed by atoms with Crippen molar-refractivity contribution in [1.29, 1.82) is 0 Å². The minimum absolute atomic E-state index is 0.0333. The average Bonchev–Trinajstić information content (AvgIpc) is 3.24. The number of carboxylic acids is 1. The van der Waals surface area contributed by atoms with Crippen molar-refractivity contribution in [3.8, 4) is 17.0 Å². The van der Waals surface area contributed by atoms with Gasteiger partial charge in [-0.25, -0.2) is 14.8 Å². The van der Waals surface area contributed by atoms with Crippen LogP contribution in [-0.4, -0.2) is 45.6 Å². The van der Waals surface area contributed by atoms with E-state index in [2.05, 4.69) is 20.3 Å². The zero-order valence-corrected chi connectivity index (χ0v) is 21.4. The second kappa shape index (κ2) is 10.3. The number of benzene rings is 2. The van der Waals surface area contributed by atoms with Gasteiger partial charge in [-0.1, -0.05) is 32.9 Å². The van der Waals surface area contributed by atoms with Crippen LogP contribution in [0.25, 0.3) is 22.2 Å². The highest BCUT2D eigenvalue weighted by atomic mass is 16.5. The molecule has 0 unspecified atom stereocenters. The molecule has 0 aliphatic carbocycles. The summed E-state index contributed by atoms with van der Waals surface area (Å²) in [5, 5.41) is 12.9. The van der Waals surface area contributed by atoms with E-state index in [0.29, 0.717) is 53.6 Å². The maximum absolute atomic E-state index is 12.7. The second-order valence-corrected chi connectivity index (χ2v) is 10.1. The van der Waals surface area contributed by atoms with Gasteiger partial charge in [0.15, 0.2) is 5.95 Å². The summed E-state index contributed by atoms with van der Waals surface area (Å²) in [6.07, 6.45) is 1.19. The number of carboxylic acid groups (broad SMARTS) is 1. The number of fused-ring (bicyclic) bond motifs is 1. The van der Waals surface area contributed by atoms with Crippen LogP contribution in [0.2, 0.25) is 0 Å². The number of methoxy groups -OCH3 is 1. The Balaban J connectivity index is 1.66. The maximum atomic E-state index is 12.7. The van der Waals surface area contributed by atoms with E-state index in [1.54, 1.807) is 24.3 Å². The molecule has 4 rings (SSSR count). The lowest BCUT2D eigenvalue weighted by Gasteiger charge is -2.19. The van der Waals surface area contributed by atoms with Gasteiger partial charge < -0.3 is 25.9 Å². The molecule has 0 spiro atoms. The number of nitrogens with zero attached hydrogens (tertiary/aromatic N) is 2. The van der Waals surface area contributed by atoms with E-state index in [1.165, 1.54) is 13.2 Å². The van der Waals surface area contributed by atoms with Gasteiger partial charge in [0.25, 0.3) is 5.91 Å². The molecule has 9 heteroatoms. The molecule has 0 aliphatic heterocycles. The molecule has 0 fully saturated rings. The molecule has 1 amide bonds. The number of amides is 1. The fraction of sp³-hybridized carbons (Fsp3) is 0.286. The van der Waals surface area contributed by atoms with Crippen molar-refractivity contribution in [1.82, 2.24) is 20.3 Å². The monoisotopic (exact) mass is 501 g/mol. The van der Waals surface area contributed by atoms with Crippen LogP contribution in [0.5, 0.6) is 5.88 Å². The van der Waals surface area contributed by atoms with Crippen LogP contribution in [0.15, 0.2) is 48.5 Å². The first-order valence-corrected chi connectivity index (χ1v) is 12.0. The summed E-state index contributed by atoms with van der Waals surface area (Å²) in [5.74, 6) is -0.636. The number of hydrogen-bond donors (Lipinski definition) is 4. The number of nitrogen functional groups attached to an aromatic ring is 1. The van der Waals surface area contributed by atoms with Crippen molar-refractivity contribution in [2.24, 2.45) is 5.41 Å². The summed E-state index contributed by atoms with van der Waals surface area (Å²) in [7, 11) is 1.54. The topological polar surface area (TPSA) is 143 Å². The zero-order valence-electron chi connectivity index (χ0n) is 21.4. The first-order chi connectivity index (χ1) is 17.5. The molecule has 2 aromatic carbocycles. The molecule has 9 nitrogen and oxygen atoms in total. The lowest BCUT2D eigenvalue weighted by atomic mass is 9.93. The zero-order chi connectivity index (χ0) is 26.7. The van der Waals surface area contributed by atoms with E-state index in [1.807, 2.05) is 39.0 Å². The van der Waals surface area contributed by atoms with Gasteiger partial charge in [0.1, 0.15) is 0 Å². The number of anilines is 1. The molecule has 5 N–H and O–H groups in total. The summed E-state index contributed by atoms with van der Waals surface area (Å²) in [6.45, 7) is 6.51. The predicted molar refractivity (Wildman–Crippen MR) is 143 cm³/mol. The number of aromatic amines is 1. The van der Waals surface area contributed by atoms with Crippen LogP contribution >= 0.6 is 0 Å². The van der Waals surface area contributed by atoms with E-state index < -0.39 is 5.97 Å². The van der Waals surface area contributed by atoms with Gasteiger partial charge in [-0.15, -0.1) is 0 Å². The Morgan fingerprint density at radius 1 is 1.03 bits per heavy atom. The molecule has 0 radical (unpaired) electrons. The summed E-state index contributed by atoms with van der Waals surface area (Å²) in [4.78, 5) is 36.8. The Morgan fingerprint density at radius 2 is 1.78 bits per heavy atom. The second-order valence-electron chi connectivity index (χ2n) is 10.1. The molecular weight excluding hydrogens is 470 g/mol. The smallest absolute Gasteiger partial charge is 0.336 e. The number of ether oxygens (including phenoxy) is 1. The Labute approximate surface area is 215 Å². The third-order valence-electron chi connectivity index (χ3n) is 5.95. The van der Waals surface area contributed by atoms with Gasteiger partial charge in [-0.3, -0.25) is 4.79 Å². The molecule has 37 heavy (non-hydrogen) atoms. The van der Waals surface area contributed by atoms with E-state index in [4.69, 9.17) is 10.5 Å². The summed E-state index contributed by atoms with van der Waals surface area (Å²) in [5.41, 5.74) is 10.5. The van der Waals surface area contributed by atoms with E-state index in [9.17, 15) is 14.7 Å². The van der Waals surface area contributed by atoms with Crippen LogP contribution < -0.4 is 15.8 Å². The van der Waals surface area contributed by atoms with Crippen molar-refractivity contribution >= 4 is 28.9 Å². The van der Waals surface area contributed by atoms with Crippen LogP contribution in [0.3, 0.4) is 0 Å². The van der Waals surface area contributed by atoms with Crippen molar-refractivity contribution in [2.75, 3.05) is 19.4 Å². The van der Waals surface area contributed by atoms with Crippen LogP contribution in [0, 0.1) is 5.41 Å². The molecule has 0 saturated carbocycles. The van der Waals surface area contributed by atoms with Crippen molar-refractivity contribution in [3.63, 3.8) is 0 Å². The molecular formula is C28H31N5O4. The Hall–Kier alpha value is -4.40. The lowest BCUT2D eigenvalue weighted by molar-refractivity contribution is 0.0697. The molecule has 0 aliphatic rings. The Kier molecular flexibility index (Phi) is 7.15. The normalized spacial score (nSPS) is 11.5. The molecule has 0 saturated heterocycles. The highest BCUT2D eigenvalue weighted by Gasteiger charge is 2.20. The minimum Gasteiger partial charge on any atom is -0.481 e. The van der Waals surface area contributed by atoms with E-state index in [-0.39, 0.29) is 16.9 Å². The summed E-state index contributed by atoms with van der Waals surface area (Å²) in [6, 6.07) is 14.1. The number of aryl methyl sites for hydroxylation is 2. The highest BCUT2D eigenvalue weighted by molar-refractivity contribution is 6.01. The first kappa shape index (κ1) is 25.7. The molecule has 4 aromatic rings. The predicted octanol–water partition coefficient (Wildman–Crippen LogP) is 4.48. The average molecular weight is 502 g/mol. The third kappa shape index (κ3) is 6.06. The molecule has 0 bridgehead atoms. The largest absolute Gasteiger partial charge is 0.481 e. The fourth-order valence-electron chi connectivity index (χ4n) is 4.07. The number of carbonyl (C=O) groups excluding carboxylic acids is 1. The number of H-pyrrole nitrogens is 1. The van der Waals surface area contributed by atoms with Crippen molar-refractivity contribution in [2.45, 2.75) is 33.6 Å². The third-order valence-corrected chi connectivity index (χ3v) is 5.95. The number of imidazole rings is 1. The molecule has 0 atom stereocenters. The Bertz CT molecular complexity index is 1470. The number of pyridine rings is 1. The molecule has 192 valence electrons. The highest BCUT2D eigenvalue weighted by Crippen LogP contribution is 2.30. The minimum atomic E-state index is -1.12. The van der Waals surface area contributed by atoms with Crippen LogP contribution in [-0.2, 0) is 12.8 Å². The molecule has 2 heterocycles. The number of aromatic nitrogens is 3. The van der Waals surface area contributed by atoms with Crippen molar-refractivity contribution < 1.29 is 19.4 Å². The Morgan fingerprint density at radius 3 is 2.49 bits per heavy atom. The number of nitrogens with two attached hydrogens (primary N) is 1. The van der Waals surface area contributed by atoms with E-state index in [0.717, 1.165) is 16.6 Å². The summed E-state index contributed by atoms with van der Waals surface area (Å²) >= 11 is 0. The quantitative estimate of drug-likeness (QED) is 0.279. The maximum Gasteiger partial charge on any atom is 0.336 e. The first-order valence-electron chi connectivity index (χ1n) is 12.0. The van der Waals surface area contributed by atoms with Gasteiger partial charge in [0.2, 0.25) is 5.88 Å². The van der Waals surface area contributed by atoms with E-state index >= 15 is 0 Å². The SMILES string of the molecule is COc1ccc(-c2ccc(C(=O)NCC(C)(C)C)cc2C(=O)O)c(CCc2ccc3nc(N)[nH]c3c2)n1. The van der Waals surface area contributed by atoms with Crippen LogP contribution in [0.1, 0.15) is 52.7 Å². The fourth-order valence-corrected chi connectivity index (χ4v) is 4.07. The van der Waals surface area contributed by atoms with Gasteiger partial charge >= 0.3 is 5.97 Å². The number of hydrogen-bond acceptors (Lipinski definition) is 6. The number of nitrogens with one attached hydrogen (secondary N) is 2. The molecule has 2 aromatic heterocycles. The number of rotatable bonds is 8. The lowest BCUT2D eigenvalue weighted by Crippen LogP contribution is -2.32. The van der Waals surface area contributed by atoms with Gasteiger partial charge in [0.05, 0.1) is 29.4 Å². The van der Waals surface area contributed by atoms with Crippen LogP contribution in [0.4, 0.5) is 5.95 Å². The standard InChI is InChI=1S/C28H31N5O4/c1-28(2,3)15-30-25(34)17-7-8-18(20(14-17)26(35)36)19-9-12-24(37-4)31-21(19)10-5-16-6-11-22-23(13-16)33-27(29)32-22/h6-9,11-14H,5,10,15H2,1-4H3,(H,30,34)(H,35,36)(H3,29,32,33). The number of carbonyl (C=O) groups is 2. The van der Waals surface area contributed by atoms with Crippen molar-refractivity contribution in [3.05, 3.63) is 70.9 Å². The summed E-state index contributed by atoms with van der Waals surface area (Å²) < 4.78 is 5.33.